The van der Waals surface area contributed by atoms with Crippen LogP contribution in [0.25, 0.3) is 0 Å². The van der Waals surface area contributed by atoms with Gasteiger partial charge in [-0.3, -0.25) is 4.79 Å². The first-order chi connectivity index (χ1) is 7.27. The molecule has 0 aliphatic rings. The van der Waals surface area contributed by atoms with Gasteiger partial charge in [-0.15, -0.1) is 0 Å². The molecule has 0 N–H and O–H groups in total. The van der Waals surface area contributed by atoms with E-state index in [1.165, 1.54) is 18.4 Å². The van der Waals surface area contributed by atoms with Gasteiger partial charge in [0.25, 0.3) is 0 Å². The highest BCUT2D eigenvalue weighted by atomic mass is 16.1. The van der Waals surface area contributed by atoms with Gasteiger partial charge in [0.1, 0.15) is 0 Å². The molecule has 1 aromatic carbocycles. The third-order valence-corrected chi connectivity index (χ3v) is 2.33. The van der Waals surface area contributed by atoms with Gasteiger partial charge in [0.05, 0.1) is 12.5 Å². The summed E-state index contributed by atoms with van der Waals surface area (Å²) in [5, 5.41) is 8.40. The highest BCUT2D eigenvalue weighted by molar-refractivity contribution is 5.97. The van der Waals surface area contributed by atoms with Crippen molar-refractivity contribution >= 4 is 5.78 Å². The van der Waals surface area contributed by atoms with Crippen molar-refractivity contribution < 1.29 is 4.79 Å². The molecule has 0 saturated carbocycles. The molecule has 0 aliphatic heterocycles. The van der Waals surface area contributed by atoms with Crippen LogP contribution in [0, 0.1) is 11.3 Å². The van der Waals surface area contributed by atoms with Gasteiger partial charge in [0.2, 0.25) is 0 Å². The zero-order chi connectivity index (χ0) is 11.1. The molecule has 0 aliphatic carbocycles. The van der Waals surface area contributed by atoms with E-state index in [-0.39, 0.29) is 12.2 Å². The second-order valence-electron chi connectivity index (χ2n) is 3.56. The molecule has 1 rings (SSSR count). The van der Waals surface area contributed by atoms with Gasteiger partial charge in [-0.25, -0.2) is 0 Å². The average molecular weight is 201 g/mol. The van der Waals surface area contributed by atoms with Crippen molar-refractivity contribution in [1.82, 2.24) is 0 Å². The van der Waals surface area contributed by atoms with E-state index in [0.717, 1.165) is 6.42 Å². The van der Waals surface area contributed by atoms with Crippen molar-refractivity contribution in [2.45, 2.75) is 32.6 Å². The molecule has 78 valence electrons. The summed E-state index contributed by atoms with van der Waals surface area (Å²) in [6.45, 7) is 2.16. The predicted octanol–water partition coefficient (Wildman–Crippen LogP) is 3.13. The summed E-state index contributed by atoms with van der Waals surface area (Å²) in [6, 6.07) is 9.43. The fourth-order valence-corrected chi connectivity index (χ4v) is 1.41. The van der Waals surface area contributed by atoms with Crippen LogP contribution >= 0.6 is 0 Å². The second-order valence-corrected chi connectivity index (χ2v) is 3.56. The van der Waals surface area contributed by atoms with Crippen molar-refractivity contribution in [3.05, 3.63) is 35.4 Å². The lowest BCUT2D eigenvalue weighted by Crippen LogP contribution is -1.97. The lowest BCUT2D eigenvalue weighted by molar-refractivity contribution is 0.0997. The number of Topliss-reactive ketones (excluding diaryl/α,β-unsaturated/α-hetero) is 1. The topological polar surface area (TPSA) is 40.9 Å². The monoisotopic (exact) mass is 201 g/mol. The Bertz CT molecular complexity index is 359. The van der Waals surface area contributed by atoms with E-state index in [2.05, 4.69) is 6.92 Å². The van der Waals surface area contributed by atoms with Gasteiger partial charge in [-0.2, -0.15) is 5.26 Å². The molecule has 0 spiro atoms. The van der Waals surface area contributed by atoms with Gasteiger partial charge in [-0.1, -0.05) is 37.6 Å². The average Bonchev–Trinajstić information content (AvgIpc) is 2.27. The maximum Gasteiger partial charge on any atom is 0.176 e. The molecule has 2 heteroatoms. The van der Waals surface area contributed by atoms with Gasteiger partial charge in [-0.05, 0) is 18.4 Å². The van der Waals surface area contributed by atoms with Crippen LogP contribution in [0.3, 0.4) is 0 Å². The molecule has 0 fully saturated rings. The van der Waals surface area contributed by atoms with Crippen LogP contribution in [0.2, 0.25) is 0 Å². The summed E-state index contributed by atoms with van der Waals surface area (Å²) >= 11 is 0. The van der Waals surface area contributed by atoms with E-state index in [0.29, 0.717) is 5.56 Å². The molecule has 2 nitrogen and oxygen atoms in total. The smallest absolute Gasteiger partial charge is 0.176 e. The summed E-state index contributed by atoms with van der Waals surface area (Å²) in [4.78, 5) is 11.3. The zero-order valence-corrected chi connectivity index (χ0v) is 8.99. The Balaban J connectivity index is 2.64. The number of nitriles is 1. The summed E-state index contributed by atoms with van der Waals surface area (Å²) in [6.07, 6.45) is 3.37. The maximum atomic E-state index is 11.3. The van der Waals surface area contributed by atoms with E-state index in [9.17, 15) is 4.79 Å². The summed E-state index contributed by atoms with van der Waals surface area (Å²) in [7, 11) is 0. The van der Waals surface area contributed by atoms with E-state index in [1.54, 1.807) is 0 Å². The Morgan fingerprint density at radius 2 is 2.00 bits per heavy atom. The second kappa shape index (κ2) is 5.98. The van der Waals surface area contributed by atoms with Crippen molar-refractivity contribution in [1.29, 1.82) is 5.26 Å². The van der Waals surface area contributed by atoms with E-state index >= 15 is 0 Å². The molecule has 1 aromatic rings. The first kappa shape index (κ1) is 11.5. The lowest BCUT2D eigenvalue weighted by Gasteiger charge is -2.01. The summed E-state index contributed by atoms with van der Waals surface area (Å²) < 4.78 is 0. The summed E-state index contributed by atoms with van der Waals surface area (Å²) in [5.41, 5.74) is 1.89. The standard InChI is InChI=1S/C13H15NO/c1-2-3-4-11-5-7-12(8-6-11)13(15)9-10-14/h5-8H,2-4,9H2,1H3. The minimum Gasteiger partial charge on any atom is -0.293 e. The molecule has 0 amide bonds. The van der Waals surface area contributed by atoms with Crippen LogP contribution in [0.1, 0.15) is 42.1 Å². The van der Waals surface area contributed by atoms with Gasteiger partial charge >= 0.3 is 0 Å². The van der Waals surface area contributed by atoms with Crippen molar-refractivity contribution in [2.24, 2.45) is 0 Å². The molecule has 0 radical (unpaired) electrons. The number of hydrogen-bond acceptors (Lipinski definition) is 2. The lowest BCUT2D eigenvalue weighted by atomic mass is 10.0. The normalized spacial score (nSPS) is 9.60. The quantitative estimate of drug-likeness (QED) is 0.687. The molecule has 0 unspecified atom stereocenters. The van der Waals surface area contributed by atoms with Crippen LogP contribution in [-0.4, -0.2) is 5.78 Å². The summed E-state index contributed by atoms with van der Waals surface area (Å²) in [5.74, 6) is -0.0976. The number of carbonyl (C=O) groups excluding carboxylic acids is 1. The predicted molar refractivity (Wildman–Crippen MR) is 59.6 cm³/mol. The molecule has 0 saturated heterocycles. The van der Waals surface area contributed by atoms with E-state index in [4.69, 9.17) is 5.26 Å². The minimum atomic E-state index is -0.0976. The number of aryl methyl sites for hydroxylation is 1. The fourth-order valence-electron chi connectivity index (χ4n) is 1.41. The molecule has 0 bridgehead atoms. The Kier molecular flexibility index (Phi) is 4.56. The van der Waals surface area contributed by atoms with Crippen molar-refractivity contribution in [3.63, 3.8) is 0 Å². The molecule has 0 heterocycles. The highest BCUT2D eigenvalue weighted by Gasteiger charge is 2.04. The zero-order valence-electron chi connectivity index (χ0n) is 8.99. The third kappa shape index (κ3) is 3.55. The van der Waals surface area contributed by atoms with Crippen LogP contribution in [-0.2, 0) is 6.42 Å². The van der Waals surface area contributed by atoms with Gasteiger partial charge in [0.15, 0.2) is 5.78 Å². The molecular formula is C13H15NO. The number of unbranched alkanes of at least 4 members (excludes halogenated alkanes) is 1. The molecule has 0 aromatic heterocycles. The largest absolute Gasteiger partial charge is 0.293 e. The number of nitrogens with zero attached hydrogens (tertiary/aromatic N) is 1. The third-order valence-electron chi connectivity index (χ3n) is 2.33. The number of carbonyl (C=O) groups is 1. The van der Waals surface area contributed by atoms with Crippen molar-refractivity contribution in [2.75, 3.05) is 0 Å². The Morgan fingerprint density at radius 3 is 2.53 bits per heavy atom. The minimum absolute atomic E-state index is 0.0334. The number of ketones is 1. The highest BCUT2D eigenvalue weighted by Crippen LogP contribution is 2.09. The van der Waals surface area contributed by atoms with Gasteiger partial charge < -0.3 is 0 Å². The maximum absolute atomic E-state index is 11.3. The number of rotatable bonds is 5. The van der Waals surface area contributed by atoms with E-state index < -0.39 is 0 Å². The Hall–Kier alpha value is -1.62. The first-order valence-electron chi connectivity index (χ1n) is 5.27. The van der Waals surface area contributed by atoms with Crippen molar-refractivity contribution in [3.8, 4) is 6.07 Å². The Labute approximate surface area is 90.5 Å². The number of benzene rings is 1. The van der Waals surface area contributed by atoms with Crippen LogP contribution < -0.4 is 0 Å². The van der Waals surface area contributed by atoms with E-state index in [1.807, 2.05) is 30.3 Å². The molecular weight excluding hydrogens is 186 g/mol. The van der Waals surface area contributed by atoms with Crippen LogP contribution in [0.5, 0.6) is 0 Å². The van der Waals surface area contributed by atoms with Crippen LogP contribution in [0.15, 0.2) is 24.3 Å². The number of hydrogen-bond donors (Lipinski definition) is 0. The first-order valence-corrected chi connectivity index (χ1v) is 5.27. The fraction of sp³-hybridized carbons (Fsp3) is 0.385. The van der Waals surface area contributed by atoms with Gasteiger partial charge in [0, 0.05) is 5.56 Å². The molecule has 0 atom stereocenters. The SMILES string of the molecule is CCCCc1ccc(C(=O)CC#N)cc1. The van der Waals surface area contributed by atoms with Crippen LogP contribution in [0.4, 0.5) is 0 Å². The molecule has 15 heavy (non-hydrogen) atoms. The Morgan fingerprint density at radius 1 is 1.33 bits per heavy atom.